The zero-order valence-electron chi connectivity index (χ0n) is 12.4. The lowest BCUT2D eigenvalue weighted by Gasteiger charge is -2.21. The first-order chi connectivity index (χ1) is 10.2. The van der Waals surface area contributed by atoms with Gasteiger partial charge in [0.2, 0.25) is 5.91 Å². The molecule has 0 atom stereocenters. The van der Waals surface area contributed by atoms with E-state index in [4.69, 9.17) is 10.00 Å². The Hall–Kier alpha value is -2.06. The number of hydrogen-bond acceptors (Lipinski definition) is 4. The number of carbonyl (C=O) groups excluding carboxylic acids is 1. The van der Waals surface area contributed by atoms with Crippen LogP contribution in [0.15, 0.2) is 24.3 Å². The minimum Gasteiger partial charge on any atom is -0.492 e. The normalized spacial score (nSPS) is 14.5. The topological polar surface area (TPSA) is 56.6 Å². The zero-order valence-corrected chi connectivity index (χ0v) is 12.4. The van der Waals surface area contributed by atoms with Crippen molar-refractivity contribution >= 4 is 5.91 Å². The van der Waals surface area contributed by atoms with E-state index < -0.39 is 0 Å². The highest BCUT2D eigenvalue weighted by Gasteiger charge is 2.19. The molecule has 2 rings (SSSR count). The van der Waals surface area contributed by atoms with Gasteiger partial charge >= 0.3 is 0 Å². The SMILES string of the molecule is CN(CCOc1ccc(C#N)cc1)CCN1CCCC1=O. The molecule has 1 heterocycles. The Morgan fingerprint density at radius 3 is 2.71 bits per heavy atom. The van der Waals surface area contributed by atoms with Crippen LogP contribution in [0.5, 0.6) is 5.75 Å². The predicted molar refractivity (Wildman–Crippen MR) is 80.0 cm³/mol. The number of likely N-dealkylation sites (N-methyl/N-ethyl adjacent to an activating group) is 1. The molecule has 0 spiro atoms. The molecular formula is C16H21N3O2. The van der Waals surface area contributed by atoms with E-state index >= 15 is 0 Å². The van der Waals surface area contributed by atoms with E-state index in [1.807, 2.05) is 11.9 Å². The third-order valence-electron chi connectivity index (χ3n) is 3.65. The predicted octanol–water partition coefficient (Wildman–Crippen LogP) is 1.49. The Morgan fingerprint density at radius 1 is 1.33 bits per heavy atom. The number of benzene rings is 1. The molecule has 0 unspecified atom stereocenters. The number of amides is 1. The standard InChI is InChI=1S/C16H21N3O2/c1-18(9-10-19-8-2-3-16(19)20)11-12-21-15-6-4-14(13-17)5-7-15/h4-7H,2-3,8-12H2,1H3. The van der Waals surface area contributed by atoms with Crippen LogP contribution in [-0.2, 0) is 4.79 Å². The van der Waals surface area contributed by atoms with Gasteiger partial charge in [0, 0.05) is 32.6 Å². The average molecular weight is 287 g/mol. The fourth-order valence-corrected chi connectivity index (χ4v) is 2.29. The minimum atomic E-state index is 0.275. The van der Waals surface area contributed by atoms with Crippen molar-refractivity contribution in [3.8, 4) is 11.8 Å². The summed E-state index contributed by atoms with van der Waals surface area (Å²) >= 11 is 0. The van der Waals surface area contributed by atoms with E-state index in [0.717, 1.165) is 38.3 Å². The van der Waals surface area contributed by atoms with E-state index in [9.17, 15) is 4.79 Å². The van der Waals surface area contributed by atoms with E-state index in [0.29, 0.717) is 18.6 Å². The number of hydrogen-bond donors (Lipinski definition) is 0. The van der Waals surface area contributed by atoms with Crippen molar-refractivity contribution in [1.29, 1.82) is 5.26 Å². The Morgan fingerprint density at radius 2 is 2.10 bits per heavy atom. The van der Waals surface area contributed by atoms with Crippen LogP contribution in [0.25, 0.3) is 0 Å². The molecule has 0 saturated carbocycles. The van der Waals surface area contributed by atoms with Crippen LogP contribution in [0, 0.1) is 11.3 Å². The summed E-state index contributed by atoms with van der Waals surface area (Å²) in [6.07, 6.45) is 1.69. The summed E-state index contributed by atoms with van der Waals surface area (Å²) in [6.45, 7) is 3.96. The first-order valence-electron chi connectivity index (χ1n) is 7.28. The summed E-state index contributed by atoms with van der Waals surface area (Å²) in [4.78, 5) is 15.6. The second-order valence-electron chi connectivity index (χ2n) is 5.27. The summed E-state index contributed by atoms with van der Waals surface area (Å²) in [5.74, 6) is 1.05. The number of nitriles is 1. The summed E-state index contributed by atoms with van der Waals surface area (Å²) in [5.41, 5.74) is 0.634. The highest BCUT2D eigenvalue weighted by atomic mass is 16.5. The summed E-state index contributed by atoms with van der Waals surface area (Å²) in [6, 6.07) is 9.19. The van der Waals surface area contributed by atoms with Crippen molar-refractivity contribution in [3.05, 3.63) is 29.8 Å². The van der Waals surface area contributed by atoms with Crippen molar-refractivity contribution in [3.63, 3.8) is 0 Å². The fraction of sp³-hybridized carbons (Fsp3) is 0.500. The van der Waals surface area contributed by atoms with Crippen LogP contribution in [0.4, 0.5) is 0 Å². The van der Waals surface area contributed by atoms with E-state index in [2.05, 4.69) is 11.0 Å². The molecule has 0 bridgehead atoms. The quantitative estimate of drug-likeness (QED) is 0.762. The molecule has 1 aliphatic heterocycles. The summed E-state index contributed by atoms with van der Waals surface area (Å²) in [5, 5.41) is 8.72. The van der Waals surface area contributed by atoms with Crippen LogP contribution in [-0.4, -0.2) is 55.5 Å². The number of carbonyl (C=O) groups is 1. The Balaban J connectivity index is 1.63. The van der Waals surface area contributed by atoms with Gasteiger partial charge in [0.1, 0.15) is 12.4 Å². The third-order valence-corrected chi connectivity index (χ3v) is 3.65. The third kappa shape index (κ3) is 4.76. The van der Waals surface area contributed by atoms with Crippen molar-refractivity contribution in [2.45, 2.75) is 12.8 Å². The molecular weight excluding hydrogens is 266 g/mol. The van der Waals surface area contributed by atoms with E-state index in [-0.39, 0.29) is 5.91 Å². The summed E-state index contributed by atoms with van der Waals surface area (Å²) < 4.78 is 5.64. The molecule has 1 amide bonds. The molecule has 0 aliphatic carbocycles. The Bertz CT molecular complexity index is 507. The van der Waals surface area contributed by atoms with Gasteiger partial charge in [-0.15, -0.1) is 0 Å². The lowest BCUT2D eigenvalue weighted by atomic mass is 10.2. The summed E-state index contributed by atoms with van der Waals surface area (Å²) in [7, 11) is 2.03. The number of likely N-dealkylation sites (tertiary alicyclic amines) is 1. The van der Waals surface area contributed by atoms with Gasteiger partial charge in [-0.2, -0.15) is 5.26 Å². The molecule has 0 aromatic heterocycles. The molecule has 1 fully saturated rings. The molecule has 112 valence electrons. The number of rotatable bonds is 7. The maximum atomic E-state index is 11.5. The van der Waals surface area contributed by atoms with Gasteiger partial charge in [-0.25, -0.2) is 0 Å². The molecule has 1 aliphatic rings. The van der Waals surface area contributed by atoms with Crippen LogP contribution in [0.1, 0.15) is 18.4 Å². The van der Waals surface area contributed by atoms with Gasteiger partial charge in [0.25, 0.3) is 0 Å². The highest BCUT2D eigenvalue weighted by molar-refractivity contribution is 5.78. The van der Waals surface area contributed by atoms with Crippen LogP contribution < -0.4 is 4.74 Å². The largest absolute Gasteiger partial charge is 0.492 e. The Kier molecular flexibility index (Phi) is 5.59. The van der Waals surface area contributed by atoms with Crippen LogP contribution in [0.3, 0.4) is 0 Å². The van der Waals surface area contributed by atoms with Gasteiger partial charge in [0.15, 0.2) is 0 Å². The molecule has 1 aromatic rings. The monoisotopic (exact) mass is 287 g/mol. The second-order valence-corrected chi connectivity index (χ2v) is 5.27. The van der Waals surface area contributed by atoms with Crippen LogP contribution >= 0.6 is 0 Å². The fourth-order valence-electron chi connectivity index (χ4n) is 2.29. The van der Waals surface area contributed by atoms with Crippen molar-refractivity contribution in [2.24, 2.45) is 0 Å². The maximum absolute atomic E-state index is 11.5. The smallest absolute Gasteiger partial charge is 0.222 e. The molecule has 0 radical (unpaired) electrons. The van der Waals surface area contributed by atoms with Gasteiger partial charge < -0.3 is 14.5 Å². The molecule has 1 aromatic carbocycles. The molecule has 0 N–H and O–H groups in total. The van der Waals surface area contributed by atoms with E-state index in [1.54, 1.807) is 24.3 Å². The Labute approximate surface area is 125 Å². The lowest BCUT2D eigenvalue weighted by Crippen LogP contribution is -2.35. The molecule has 5 heteroatoms. The highest BCUT2D eigenvalue weighted by Crippen LogP contribution is 2.11. The van der Waals surface area contributed by atoms with Crippen molar-refractivity contribution < 1.29 is 9.53 Å². The first kappa shape index (κ1) is 15.3. The first-order valence-corrected chi connectivity index (χ1v) is 7.28. The molecule has 1 saturated heterocycles. The zero-order chi connectivity index (χ0) is 15.1. The van der Waals surface area contributed by atoms with Crippen LogP contribution in [0.2, 0.25) is 0 Å². The van der Waals surface area contributed by atoms with Gasteiger partial charge in [-0.1, -0.05) is 0 Å². The number of ether oxygens (including phenoxy) is 1. The van der Waals surface area contributed by atoms with Gasteiger partial charge in [-0.05, 0) is 37.7 Å². The number of nitrogens with zero attached hydrogens (tertiary/aromatic N) is 3. The molecule has 5 nitrogen and oxygen atoms in total. The average Bonchev–Trinajstić information content (AvgIpc) is 2.91. The lowest BCUT2D eigenvalue weighted by molar-refractivity contribution is -0.127. The van der Waals surface area contributed by atoms with Gasteiger partial charge in [-0.3, -0.25) is 4.79 Å². The maximum Gasteiger partial charge on any atom is 0.222 e. The minimum absolute atomic E-state index is 0.275. The van der Waals surface area contributed by atoms with Gasteiger partial charge in [0.05, 0.1) is 11.6 Å². The van der Waals surface area contributed by atoms with Crippen molar-refractivity contribution in [1.82, 2.24) is 9.80 Å². The van der Waals surface area contributed by atoms with E-state index in [1.165, 1.54) is 0 Å². The second kappa shape index (κ2) is 7.65. The van der Waals surface area contributed by atoms with Crippen molar-refractivity contribution in [2.75, 3.05) is 39.8 Å². The molecule has 21 heavy (non-hydrogen) atoms.